The fourth-order valence-corrected chi connectivity index (χ4v) is 4.04. The summed E-state index contributed by atoms with van der Waals surface area (Å²) in [4.78, 5) is 75.3. The van der Waals surface area contributed by atoms with Gasteiger partial charge in [-0.25, -0.2) is 0 Å². The largest absolute Gasteiger partial charge is 0.394 e. The third kappa shape index (κ3) is 12.2. The number of imide groups is 1. The number of aliphatic hydroxyl groups is 2. The third-order valence-corrected chi connectivity index (χ3v) is 7.22. The maximum Gasteiger partial charge on any atom is 0.352 e. The monoisotopic (exact) mass is 671 g/mol. The Morgan fingerprint density at radius 1 is 0.745 bits per heavy atom. The van der Waals surface area contributed by atoms with Crippen LogP contribution in [0.4, 0.5) is 8.78 Å². The lowest BCUT2D eigenvalue weighted by Crippen LogP contribution is -2.62. The van der Waals surface area contributed by atoms with Crippen molar-refractivity contribution in [3.8, 4) is 0 Å². The topological polar surface area (TPSA) is 255 Å². The number of alkyl halides is 2. The van der Waals surface area contributed by atoms with E-state index in [0.29, 0.717) is 5.56 Å². The van der Waals surface area contributed by atoms with Crippen molar-refractivity contribution in [3.05, 3.63) is 35.9 Å². The highest BCUT2D eigenvalue weighted by atomic mass is 19.3. The number of benzene rings is 1. The Bertz CT molecular complexity index is 1250. The standard InChI is InChI=1S/C30H47F2N7O8/c1-14(2)21(34)27(45)38-22(15(3)4)28(46)39-29(47)30(31,32)23(41)20(12-18-10-8-7-9-11-18)37-25(43)17(6)35-24(42)16(5)36-26(44)19(33)13-40/h7-11,14-17,19-23,40-41H,12-13,33-34H2,1-6H3,(H,35,42)(H,36,44)(H,37,43)(H,38,45)(H,39,46,47)/t16-,17-,19-,20?,21-,22-,23?/m0/s1. The summed E-state index contributed by atoms with van der Waals surface area (Å²) >= 11 is 0. The second-order valence-corrected chi connectivity index (χ2v) is 11.9. The molecule has 0 aliphatic heterocycles. The van der Waals surface area contributed by atoms with E-state index in [2.05, 4.69) is 21.3 Å². The highest BCUT2D eigenvalue weighted by Gasteiger charge is 2.51. The van der Waals surface area contributed by atoms with Crippen LogP contribution < -0.4 is 38.1 Å². The third-order valence-electron chi connectivity index (χ3n) is 7.22. The number of aliphatic hydroxyl groups excluding tert-OH is 2. The minimum Gasteiger partial charge on any atom is -0.394 e. The van der Waals surface area contributed by atoms with Gasteiger partial charge in [0.1, 0.15) is 30.3 Å². The molecule has 2 unspecified atom stereocenters. The zero-order chi connectivity index (χ0) is 36.2. The lowest BCUT2D eigenvalue weighted by molar-refractivity contribution is -0.169. The number of nitrogens with one attached hydrogen (secondary N) is 5. The van der Waals surface area contributed by atoms with Crippen molar-refractivity contribution in [2.24, 2.45) is 23.3 Å². The normalized spacial score (nSPS) is 16.1. The molecule has 1 rings (SSSR count). The van der Waals surface area contributed by atoms with Gasteiger partial charge < -0.3 is 42.9 Å². The van der Waals surface area contributed by atoms with Crippen LogP contribution in [0, 0.1) is 11.8 Å². The highest BCUT2D eigenvalue weighted by molar-refractivity contribution is 6.02. The number of nitrogens with two attached hydrogens (primary N) is 2. The number of carbonyl (C=O) groups is 6. The van der Waals surface area contributed by atoms with E-state index in [-0.39, 0.29) is 5.92 Å². The molecule has 0 aliphatic carbocycles. The maximum absolute atomic E-state index is 15.5. The Hall–Kier alpha value is -4.06. The number of rotatable bonds is 17. The SMILES string of the molecule is CC(C)[C@H](N)C(=O)N[C@H](C(=O)NC(=O)C(F)(F)C(O)C(Cc1ccccc1)NC(=O)[C@H](C)NC(=O)[C@H](C)NC(=O)[C@@H](N)CO)C(C)C. The molecule has 6 amide bonds. The van der Waals surface area contributed by atoms with Crippen LogP contribution in [0.3, 0.4) is 0 Å². The molecule has 7 atom stereocenters. The van der Waals surface area contributed by atoms with Crippen LogP contribution in [0.2, 0.25) is 0 Å². The minimum atomic E-state index is -4.64. The first-order valence-corrected chi connectivity index (χ1v) is 15.0. The van der Waals surface area contributed by atoms with Gasteiger partial charge in [-0.3, -0.25) is 34.1 Å². The molecule has 0 fully saturated rings. The Morgan fingerprint density at radius 2 is 1.26 bits per heavy atom. The van der Waals surface area contributed by atoms with Gasteiger partial charge in [0.25, 0.3) is 5.91 Å². The van der Waals surface area contributed by atoms with Crippen LogP contribution in [-0.2, 0) is 35.2 Å². The molecular weight excluding hydrogens is 624 g/mol. The van der Waals surface area contributed by atoms with Gasteiger partial charge in [-0.2, -0.15) is 8.78 Å². The molecule has 0 aliphatic rings. The van der Waals surface area contributed by atoms with Gasteiger partial charge >= 0.3 is 5.92 Å². The van der Waals surface area contributed by atoms with Gasteiger partial charge in [0.2, 0.25) is 29.5 Å². The zero-order valence-corrected chi connectivity index (χ0v) is 27.3. The average Bonchev–Trinajstić information content (AvgIpc) is 3.01. The number of hydrogen-bond acceptors (Lipinski definition) is 10. The first-order valence-electron chi connectivity index (χ1n) is 15.0. The van der Waals surface area contributed by atoms with E-state index in [1.54, 1.807) is 37.4 Å². The highest BCUT2D eigenvalue weighted by Crippen LogP contribution is 2.24. The summed E-state index contributed by atoms with van der Waals surface area (Å²) < 4.78 is 30.9. The molecule has 15 nitrogen and oxygen atoms in total. The van der Waals surface area contributed by atoms with Crippen LogP contribution >= 0.6 is 0 Å². The van der Waals surface area contributed by atoms with E-state index in [1.807, 2.05) is 0 Å². The van der Waals surface area contributed by atoms with Gasteiger partial charge in [0.15, 0.2) is 0 Å². The molecule has 17 heteroatoms. The zero-order valence-electron chi connectivity index (χ0n) is 27.3. The summed E-state index contributed by atoms with van der Waals surface area (Å²) in [7, 11) is 0. The summed E-state index contributed by atoms with van der Waals surface area (Å²) in [6.45, 7) is 8.15. The Morgan fingerprint density at radius 3 is 1.74 bits per heavy atom. The van der Waals surface area contributed by atoms with Gasteiger partial charge in [-0.1, -0.05) is 58.0 Å². The van der Waals surface area contributed by atoms with Crippen LogP contribution in [-0.4, -0.2) is 101 Å². The second kappa shape index (κ2) is 18.3. The fraction of sp³-hybridized carbons (Fsp3) is 0.600. The van der Waals surface area contributed by atoms with Gasteiger partial charge in [-0.15, -0.1) is 0 Å². The Balaban J connectivity index is 3.14. The molecule has 0 heterocycles. The van der Waals surface area contributed by atoms with Crippen LogP contribution in [0.1, 0.15) is 47.1 Å². The van der Waals surface area contributed by atoms with Gasteiger partial charge in [0.05, 0.1) is 18.7 Å². The molecule has 0 bridgehead atoms. The number of halogens is 2. The maximum atomic E-state index is 15.5. The Labute approximate surface area is 272 Å². The van der Waals surface area contributed by atoms with Gasteiger partial charge in [0, 0.05) is 0 Å². The fourth-order valence-electron chi connectivity index (χ4n) is 4.04. The van der Waals surface area contributed by atoms with Gasteiger partial charge in [-0.05, 0) is 37.7 Å². The lowest BCUT2D eigenvalue weighted by Gasteiger charge is -2.31. The van der Waals surface area contributed by atoms with E-state index in [9.17, 15) is 33.9 Å². The van der Waals surface area contributed by atoms with Crippen molar-refractivity contribution in [1.82, 2.24) is 26.6 Å². The number of carbonyl (C=O) groups excluding carboxylic acids is 6. The predicted molar refractivity (Wildman–Crippen MR) is 166 cm³/mol. The molecule has 0 saturated carbocycles. The quantitative estimate of drug-likeness (QED) is 0.0864. The number of hydrogen-bond donors (Lipinski definition) is 9. The van der Waals surface area contributed by atoms with Crippen LogP contribution in [0.25, 0.3) is 0 Å². The average molecular weight is 672 g/mol. The van der Waals surface area contributed by atoms with Crippen molar-refractivity contribution in [2.45, 2.75) is 96.2 Å². The summed E-state index contributed by atoms with van der Waals surface area (Å²) in [6, 6.07) is -0.261. The van der Waals surface area contributed by atoms with E-state index < -0.39 is 103 Å². The number of amides is 6. The van der Waals surface area contributed by atoms with Crippen molar-refractivity contribution in [2.75, 3.05) is 6.61 Å². The van der Waals surface area contributed by atoms with Crippen LogP contribution in [0.5, 0.6) is 0 Å². The van der Waals surface area contributed by atoms with E-state index in [4.69, 9.17) is 16.6 Å². The first kappa shape index (κ1) is 41.0. The summed E-state index contributed by atoms with van der Waals surface area (Å²) in [5, 5.41) is 30.4. The molecule has 1 aromatic rings. The summed E-state index contributed by atoms with van der Waals surface area (Å²) in [6.07, 6.45) is -3.27. The molecule has 0 aromatic heterocycles. The predicted octanol–water partition coefficient (Wildman–Crippen LogP) is -2.19. The smallest absolute Gasteiger partial charge is 0.352 e. The van der Waals surface area contributed by atoms with Crippen molar-refractivity contribution < 1.29 is 47.8 Å². The summed E-state index contributed by atoms with van der Waals surface area (Å²) in [5.41, 5.74) is 11.6. The van der Waals surface area contributed by atoms with Crippen molar-refractivity contribution in [3.63, 3.8) is 0 Å². The lowest BCUT2D eigenvalue weighted by atomic mass is 9.95. The molecule has 0 radical (unpaired) electrons. The first-order chi connectivity index (χ1) is 21.7. The minimum absolute atomic E-state index is 0.306. The van der Waals surface area contributed by atoms with E-state index in [0.717, 1.165) is 0 Å². The molecule has 47 heavy (non-hydrogen) atoms. The molecule has 1 aromatic carbocycles. The molecular formula is C30H47F2N7O8. The molecule has 264 valence electrons. The van der Waals surface area contributed by atoms with Crippen molar-refractivity contribution in [1.29, 1.82) is 0 Å². The molecule has 0 spiro atoms. The second-order valence-electron chi connectivity index (χ2n) is 11.9. The Kier molecular flexibility index (Phi) is 16.0. The van der Waals surface area contributed by atoms with E-state index in [1.165, 1.54) is 39.8 Å². The molecule has 11 N–H and O–H groups in total. The van der Waals surface area contributed by atoms with E-state index >= 15 is 8.78 Å². The van der Waals surface area contributed by atoms with Crippen LogP contribution in [0.15, 0.2) is 30.3 Å². The van der Waals surface area contributed by atoms with Crippen molar-refractivity contribution >= 4 is 35.4 Å². The summed E-state index contributed by atoms with van der Waals surface area (Å²) in [5.74, 6) is -12.5. The molecule has 0 saturated heterocycles.